The van der Waals surface area contributed by atoms with Crippen molar-refractivity contribution >= 4 is 13.7 Å². The molecule has 0 aliphatic rings. The summed E-state index contributed by atoms with van der Waals surface area (Å²) in [5.74, 6) is 0. The lowest BCUT2D eigenvalue weighted by Crippen LogP contribution is -2.04. The van der Waals surface area contributed by atoms with E-state index in [0.29, 0.717) is 12.0 Å². The molecule has 0 aliphatic carbocycles. The molecule has 0 saturated carbocycles. The summed E-state index contributed by atoms with van der Waals surface area (Å²) in [6.45, 7) is 3.68. The second kappa shape index (κ2) is 6.19. The van der Waals surface area contributed by atoms with Gasteiger partial charge < -0.3 is 9.79 Å². The quantitative estimate of drug-likeness (QED) is 0.823. The molecule has 0 saturated heterocycles. The van der Waals surface area contributed by atoms with Crippen molar-refractivity contribution in [3.8, 4) is 0 Å². The smallest absolute Gasteiger partial charge is 0.324 e. The lowest BCUT2D eigenvalue weighted by molar-refractivity contribution is 0.358. The van der Waals surface area contributed by atoms with E-state index in [-0.39, 0.29) is 0 Å². The Morgan fingerprint density at radius 3 is 2.15 bits per heavy atom. The standard InChI is InChI=1S/C16H17O3P/c1-2-13-8-10-14(11-9-13)12-16(20(17,18)19)15-6-4-3-5-7-15/h2-11,16H,1,12H2,(H2,17,18,19). The van der Waals surface area contributed by atoms with Crippen molar-refractivity contribution in [1.82, 2.24) is 0 Å². The highest BCUT2D eigenvalue weighted by Gasteiger charge is 2.30. The van der Waals surface area contributed by atoms with Gasteiger partial charge in [-0.25, -0.2) is 0 Å². The van der Waals surface area contributed by atoms with Crippen LogP contribution in [0.4, 0.5) is 0 Å². The molecule has 0 bridgehead atoms. The molecule has 0 aliphatic heterocycles. The van der Waals surface area contributed by atoms with Crippen molar-refractivity contribution in [2.45, 2.75) is 12.1 Å². The number of hydrogen-bond acceptors (Lipinski definition) is 1. The fraction of sp³-hybridized carbons (Fsp3) is 0.125. The van der Waals surface area contributed by atoms with Crippen LogP contribution in [0.1, 0.15) is 22.3 Å². The summed E-state index contributed by atoms with van der Waals surface area (Å²) in [6, 6.07) is 16.5. The van der Waals surface area contributed by atoms with Gasteiger partial charge in [-0.15, -0.1) is 0 Å². The highest BCUT2D eigenvalue weighted by Crippen LogP contribution is 2.53. The molecule has 0 radical (unpaired) electrons. The first kappa shape index (κ1) is 14.7. The number of benzene rings is 2. The first-order valence-corrected chi connectivity index (χ1v) is 8.00. The van der Waals surface area contributed by atoms with Crippen LogP contribution in [-0.2, 0) is 11.0 Å². The van der Waals surface area contributed by atoms with Gasteiger partial charge in [-0.3, -0.25) is 4.57 Å². The Morgan fingerprint density at radius 2 is 1.65 bits per heavy atom. The van der Waals surface area contributed by atoms with Crippen LogP contribution in [0.25, 0.3) is 6.08 Å². The van der Waals surface area contributed by atoms with E-state index in [1.54, 1.807) is 30.3 Å². The van der Waals surface area contributed by atoms with Gasteiger partial charge >= 0.3 is 7.60 Å². The Bertz CT molecular complexity index is 614. The minimum absolute atomic E-state index is 0.311. The van der Waals surface area contributed by atoms with Gasteiger partial charge in [-0.1, -0.05) is 67.3 Å². The zero-order valence-corrected chi connectivity index (χ0v) is 11.9. The van der Waals surface area contributed by atoms with Crippen molar-refractivity contribution in [3.05, 3.63) is 77.9 Å². The molecule has 2 aromatic carbocycles. The van der Waals surface area contributed by atoms with Crippen LogP contribution in [0.15, 0.2) is 61.2 Å². The van der Waals surface area contributed by atoms with Crippen molar-refractivity contribution in [1.29, 1.82) is 0 Å². The Kier molecular flexibility index (Phi) is 4.56. The van der Waals surface area contributed by atoms with Gasteiger partial charge in [-0.2, -0.15) is 0 Å². The van der Waals surface area contributed by atoms with Gasteiger partial charge in [0.2, 0.25) is 0 Å². The number of hydrogen-bond donors (Lipinski definition) is 2. The Morgan fingerprint density at radius 1 is 1.05 bits per heavy atom. The van der Waals surface area contributed by atoms with Crippen molar-refractivity contribution in [3.63, 3.8) is 0 Å². The molecular formula is C16H17O3P. The molecule has 0 spiro atoms. The lowest BCUT2D eigenvalue weighted by atomic mass is 10.0. The maximum absolute atomic E-state index is 11.7. The maximum Gasteiger partial charge on any atom is 0.333 e. The predicted molar refractivity (Wildman–Crippen MR) is 81.5 cm³/mol. The molecule has 3 nitrogen and oxygen atoms in total. The van der Waals surface area contributed by atoms with Gasteiger partial charge in [0.15, 0.2) is 0 Å². The van der Waals surface area contributed by atoms with Gasteiger partial charge in [0, 0.05) is 0 Å². The fourth-order valence-electron chi connectivity index (χ4n) is 2.12. The van der Waals surface area contributed by atoms with E-state index in [1.165, 1.54) is 0 Å². The SMILES string of the molecule is C=Cc1ccc(CC(c2ccccc2)P(=O)(O)O)cc1. The van der Waals surface area contributed by atoms with E-state index >= 15 is 0 Å². The molecule has 20 heavy (non-hydrogen) atoms. The third-order valence-corrected chi connectivity index (χ3v) is 4.53. The summed E-state index contributed by atoms with van der Waals surface area (Å²) in [7, 11) is -4.20. The summed E-state index contributed by atoms with van der Waals surface area (Å²) >= 11 is 0. The van der Waals surface area contributed by atoms with Gasteiger partial charge in [-0.05, 0) is 23.1 Å². The molecule has 2 aromatic rings. The largest absolute Gasteiger partial charge is 0.333 e. The van der Waals surface area contributed by atoms with Crippen LogP contribution < -0.4 is 0 Å². The van der Waals surface area contributed by atoms with Crippen LogP contribution in [0.2, 0.25) is 0 Å². The average molecular weight is 288 g/mol. The zero-order chi connectivity index (χ0) is 14.6. The first-order chi connectivity index (χ1) is 9.50. The molecule has 4 heteroatoms. The molecule has 1 atom stereocenters. The van der Waals surface area contributed by atoms with E-state index in [9.17, 15) is 14.4 Å². The molecule has 0 fully saturated rings. The van der Waals surface area contributed by atoms with E-state index in [0.717, 1.165) is 11.1 Å². The second-order valence-electron chi connectivity index (χ2n) is 4.67. The van der Waals surface area contributed by atoms with Gasteiger partial charge in [0.25, 0.3) is 0 Å². The third kappa shape index (κ3) is 3.67. The molecule has 1 unspecified atom stereocenters. The normalized spacial score (nSPS) is 12.9. The van der Waals surface area contributed by atoms with Crippen molar-refractivity contribution < 1.29 is 14.4 Å². The number of rotatable bonds is 5. The summed E-state index contributed by atoms with van der Waals surface area (Å²) in [5, 5.41) is 0. The minimum atomic E-state index is -4.20. The molecule has 2 N–H and O–H groups in total. The Hall–Kier alpha value is -1.67. The highest BCUT2D eigenvalue weighted by atomic mass is 31.2. The van der Waals surface area contributed by atoms with Crippen molar-refractivity contribution in [2.75, 3.05) is 0 Å². The molecular weight excluding hydrogens is 271 g/mol. The minimum Gasteiger partial charge on any atom is -0.324 e. The van der Waals surface area contributed by atoms with Crippen molar-refractivity contribution in [2.24, 2.45) is 0 Å². The van der Waals surface area contributed by atoms with Gasteiger partial charge in [0.1, 0.15) is 0 Å². The second-order valence-corrected chi connectivity index (χ2v) is 6.47. The summed E-state index contributed by atoms with van der Waals surface area (Å²) in [4.78, 5) is 19.2. The molecule has 104 valence electrons. The highest BCUT2D eigenvalue weighted by molar-refractivity contribution is 7.52. The summed E-state index contributed by atoms with van der Waals surface area (Å²) < 4.78 is 11.7. The van der Waals surface area contributed by atoms with Gasteiger partial charge in [0.05, 0.1) is 5.66 Å². The summed E-state index contributed by atoms with van der Waals surface area (Å²) in [5.41, 5.74) is 1.74. The van der Waals surface area contributed by atoms with Crippen LogP contribution in [0.3, 0.4) is 0 Å². The Labute approximate surface area is 118 Å². The van der Waals surface area contributed by atoms with E-state index < -0.39 is 13.3 Å². The lowest BCUT2D eigenvalue weighted by Gasteiger charge is -2.19. The maximum atomic E-state index is 11.7. The van der Waals surface area contributed by atoms with Crippen LogP contribution in [0, 0.1) is 0 Å². The molecule has 0 aromatic heterocycles. The third-order valence-electron chi connectivity index (χ3n) is 3.23. The average Bonchev–Trinajstić information content (AvgIpc) is 2.45. The molecule has 2 rings (SSSR count). The van der Waals surface area contributed by atoms with Crippen LogP contribution in [0.5, 0.6) is 0 Å². The van der Waals surface area contributed by atoms with E-state index in [1.807, 2.05) is 30.3 Å². The fourth-order valence-corrected chi connectivity index (χ4v) is 3.13. The topological polar surface area (TPSA) is 57.5 Å². The van der Waals surface area contributed by atoms with Crippen LogP contribution >= 0.6 is 7.60 Å². The Balaban J connectivity index is 2.29. The van der Waals surface area contributed by atoms with E-state index in [4.69, 9.17) is 0 Å². The predicted octanol–water partition coefficient (Wildman–Crippen LogP) is 3.79. The zero-order valence-electron chi connectivity index (χ0n) is 11.0. The van der Waals surface area contributed by atoms with Crippen LogP contribution in [-0.4, -0.2) is 9.79 Å². The monoisotopic (exact) mass is 288 g/mol. The molecule has 0 amide bonds. The molecule has 0 heterocycles. The first-order valence-electron chi connectivity index (χ1n) is 6.32. The van der Waals surface area contributed by atoms with E-state index in [2.05, 4.69) is 6.58 Å². The summed E-state index contributed by atoms with van der Waals surface area (Å²) in [6.07, 6.45) is 2.05.